The Labute approximate surface area is 160 Å². The van der Waals surface area contributed by atoms with Crippen molar-refractivity contribution in [2.45, 2.75) is 23.8 Å². The number of thioether (sulfide) groups is 1. The van der Waals surface area contributed by atoms with Crippen molar-refractivity contribution in [2.75, 3.05) is 12.4 Å². The first-order valence-corrected chi connectivity index (χ1v) is 9.85. The first kappa shape index (κ1) is 18.5. The largest absolute Gasteiger partial charge is 0.495 e. The van der Waals surface area contributed by atoms with Crippen molar-refractivity contribution in [3.8, 4) is 5.75 Å². The van der Waals surface area contributed by atoms with Crippen LogP contribution in [0, 0.1) is 0 Å². The van der Waals surface area contributed by atoms with Crippen LogP contribution in [-0.2, 0) is 18.3 Å². The maximum Gasteiger partial charge on any atom is 0.237 e. The Morgan fingerprint density at radius 2 is 2.12 bits per heavy atom. The summed E-state index contributed by atoms with van der Waals surface area (Å²) >= 11 is 3.08. The summed E-state index contributed by atoms with van der Waals surface area (Å²) in [7, 11) is 3.51. The van der Waals surface area contributed by atoms with Crippen LogP contribution in [0.2, 0.25) is 0 Å². The summed E-state index contributed by atoms with van der Waals surface area (Å²) < 4.78 is 7.21. The van der Waals surface area contributed by atoms with Crippen molar-refractivity contribution < 1.29 is 9.53 Å². The van der Waals surface area contributed by atoms with Gasteiger partial charge in [0, 0.05) is 18.3 Å². The molecule has 0 saturated carbocycles. The molecule has 3 aromatic rings. The van der Waals surface area contributed by atoms with E-state index in [1.54, 1.807) is 18.4 Å². The van der Waals surface area contributed by atoms with Crippen LogP contribution < -0.4 is 10.1 Å². The van der Waals surface area contributed by atoms with E-state index in [0.717, 1.165) is 17.4 Å². The first-order chi connectivity index (χ1) is 12.6. The van der Waals surface area contributed by atoms with Crippen molar-refractivity contribution in [1.82, 2.24) is 14.8 Å². The average Bonchev–Trinajstić information content (AvgIpc) is 3.27. The number of aromatic nitrogens is 3. The molecule has 0 spiro atoms. The van der Waals surface area contributed by atoms with E-state index >= 15 is 0 Å². The highest BCUT2D eigenvalue weighted by Gasteiger charge is 2.20. The van der Waals surface area contributed by atoms with E-state index in [0.29, 0.717) is 11.4 Å². The van der Waals surface area contributed by atoms with Crippen LogP contribution in [0.4, 0.5) is 5.69 Å². The smallest absolute Gasteiger partial charge is 0.237 e. The number of carbonyl (C=O) groups is 1. The van der Waals surface area contributed by atoms with Gasteiger partial charge in [0.25, 0.3) is 0 Å². The molecule has 136 valence electrons. The molecule has 26 heavy (non-hydrogen) atoms. The van der Waals surface area contributed by atoms with E-state index in [1.807, 2.05) is 54.3 Å². The summed E-state index contributed by atoms with van der Waals surface area (Å²) in [5.41, 5.74) is 0.656. The Balaban J connectivity index is 1.65. The molecule has 3 rings (SSSR count). The number of hydrogen-bond donors (Lipinski definition) is 1. The number of amides is 1. The number of methoxy groups -OCH3 is 1. The van der Waals surface area contributed by atoms with Gasteiger partial charge in [0.1, 0.15) is 11.6 Å². The zero-order valence-electron chi connectivity index (χ0n) is 14.8. The van der Waals surface area contributed by atoms with Crippen molar-refractivity contribution in [3.63, 3.8) is 0 Å². The Kier molecular flexibility index (Phi) is 5.95. The highest BCUT2D eigenvalue weighted by atomic mass is 32.2. The van der Waals surface area contributed by atoms with Gasteiger partial charge in [-0.1, -0.05) is 30.0 Å². The number of nitrogens with one attached hydrogen (secondary N) is 1. The molecule has 8 heteroatoms. The number of thiophene rings is 1. The summed E-state index contributed by atoms with van der Waals surface area (Å²) in [4.78, 5) is 13.8. The molecule has 1 aromatic carbocycles. The second-order valence-electron chi connectivity index (χ2n) is 5.66. The van der Waals surface area contributed by atoms with E-state index in [9.17, 15) is 4.79 Å². The lowest BCUT2D eigenvalue weighted by molar-refractivity contribution is -0.115. The van der Waals surface area contributed by atoms with Crippen LogP contribution in [0.3, 0.4) is 0 Å². The Bertz CT molecular complexity index is 877. The zero-order chi connectivity index (χ0) is 18.5. The number of nitrogens with zero attached hydrogens (tertiary/aromatic N) is 3. The van der Waals surface area contributed by atoms with E-state index in [4.69, 9.17) is 4.74 Å². The topological polar surface area (TPSA) is 69.0 Å². The molecule has 2 heterocycles. The van der Waals surface area contributed by atoms with Gasteiger partial charge >= 0.3 is 0 Å². The predicted molar refractivity (Wildman–Crippen MR) is 105 cm³/mol. The minimum absolute atomic E-state index is 0.109. The highest BCUT2D eigenvalue weighted by molar-refractivity contribution is 8.00. The van der Waals surface area contributed by atoms with E-state index in [1.165, 1.54) is 16.6 Å². The van der Waals surface area contributed by atoms with Gasteiger partial charge in [-0.3, -0.25) is 4.79 Å². The summed E-state index contributed by atoms with van der Waals surface area (Å²) in [6.45, 7) is 1.85. The average molecular weight is 389 g/mol. The van der Waals surface area contributed by atoms with Crippen molar-refractivity contribution in [1.29, 1.82) is 0 Å². The maximum atomic E-state index is 12.5. The highest BCUT2D eigenvalue weighted by Crippen LogP contribution is 2.27. The van der Waals surface area contributed by atoms with Crippen molar-refractivity contribution in [3.05, 3.63) is 52.5 Å². The number of ether oxygens (including phenoxy) is 1. The van der Waals surface area contributed by atoms with Crippen molar-refractivity contribution in [2.24, 2.45) is 7.05 Å². The summed E-state index contributed by atoms with van der Waals surface area (Å²) in [6, 6.07) is 11.4. The minimum Gasteiger partial charge on any atom is -0.495 e. The van der Waals surface area contributed by atoms with E-state index in [-0.39, 0.29) is 11.2 Å². The fraction of sp³-hybridized carbons (Fsp3) is 0.278. The lowest BCUT2D eigenvalue weighted by atomic mass is 10.3. The number of benzene rings is 1. The second-order valence-corrected chi connectivity index (χ2v) is 8.00. The SMILES string of the molecule is COc1ccccc1NC(=O)[C@H](C)Sc1nnc(Cc2cccs2)n1C. The third-order valence-corrected chi connectivity index (χ3v) is 5.86. The monoisotopic (exact) mass is 388 g/mol. The Morgan fingerprint density at radius 3 is 2.85 bits per heavy atom. The predicted octanol–water partition coefficient (Wildman–Crippen LogP) is 3.60. The molecule has 0 radical (unpaired) electrons. The van der Waals surface area contributed by atoms with Gasteiger partial charge in [0.05, 0.1) is 18.0 Å². The molecule has 0 aliphatic rings. The summed E-state index contributed by atoms with van der Waals surface area (Å²) in [5.74, 6) is 1.41. The molecule has 1 N–H and O–H groups in total. The number of rotatable bonds is 7. The summed E-state index contributed by atoms with van der Waals surface area (Å²) in [5, 5.41) is 13.8. The number of para-hydroxylation sites is 2. The fourth-order valence-electron chi connectivity index (χ4n) is 2.36. The molecule has 0 bridgehead atoms. The van der Waals surface area contributed by atoms with Gasteiger partial charge < -0.3 is 14.6 Å². The van der Waals surface area contributed by atoms with Gasteiger partial charge in [0.15, 0.2) is 5.16 Å². The molecular weight excluding hydrogens is 368 g/mol. The molecule has 0 saturated heterocycles. The third-order valence-electron chi connectivity index (χ3n) is 3.85. The molecular formula is C18H20N4O2S2. The molecule has 0 aliphatic heterocycles. The normalized spacial score (nSPS) is 12.0. The molecule has 1 atom stereocenters. The second kappa shape index (κ2) is 8.37. The molecule has 2 aromatic heterocycles. The van der Waals surface area contributed by atoms with Crippen LogP contribution in [-0.4, -0.2) is 33.0 Å². The van der Waals surface area contributed by atoms with Crippen molar-refractivity contribution >= 4 is 34.7 Å². The maximum absolute atomic E-state index is 12.5. The van der Waals surface area contributed by atoms with Crippen LogP contribution in [0.1, 0.15) is 17.6 Å². The molecule has 1 amide bonds. The first-order valence-electron chi connectivity index (χ1n) is 8.09. The van der Waals surface area contributed by atoms with Gasteiger partial charge in [-0.2, -0.15) is 0 Å². The van der Waals surface area contributed by atoms with Gasteiger partial charge in [0.2, 0.25) is 5.91 Å². The van der Waals surface area contributed by atoms with Crippen LogP contribution >= 0.6 is 23.1 Å². The third kappa shape index (κ3) is 4.25. The van der Waals surface area contributed by atoms with E-state index < -0.39 is 0 Å². The number of hydrogen-bond acceptors (Lipinski definition) is 6. The number of anilines is 1. The fourth-order valence-corrected chi connectivity index (χ4v) is 3.90. The van der Waals surface area contributed by atoms with Gasteiger partial charge in [-0.15, -0.1) is 21.5 Å². The lowest BCUT2D eigenvalue weighted by Gasteiger charge is -2.13. The summed E-state index contributed by atoms with van der Waals surface area (Å²) in [6.07, 6.45) is 0.740. The zero-order valence-corrected chi connectivity index (χ0v) is 16.4. The molecule has 0 aliphatic carbocycles. The minimum atomic E-state index is -0.322. The van der Waals surface area contributed by atoms with Crippen LogP contribution in [0.15, 0.2) is 46.9 Å². The molecule has 6 nitrogen and oxygen atoms in total. The quantitative estimate of drug-likeness (QED) is 0.627. The Hall–Kier alpha value is -2.32. The standard InChI is InChI=1S/C18H20N4O2S2/c1-12(17(23)19-14-8-4-5-9-15(14)24-3)26-18-21-20-16(22(18)2)11-13-7-6-10-25-13/h4-10,12H,11H2,1-3H3,(H,19,23)/t12-/m0/s1. The van der Waals surface area contributed by atoms with Gasteiger partial charge in [-0.25, -0.2) is 0 Å². The lowest BCUT2D eigenvalue weighted by Crippen LogP contribution is -2.23. The van der Waals surface area contributed by atoms with Crippen LogP contribution in [0.25, 0.3) is 0 Å². The molecule has 0 fully saturated rings. The molecule has 0 unspecified atom stereocenters. The van der Waals surface area contributed by atoms with Crippen LogP contribution in [0.5, 0.6) is 5.75 Å². The van der Waals surface area contributed by atoms with Gasteiger partial charge in [-0.05, 0) is 30.5 Å². The number of carbonyl (C=O) groups excluding carboxylic acids is 1. The van der Waals surface area contributed by atoms with E-state index in [2.05, 4.69) is 21.6 Å². The Morgan fingerprint density at radius 1 is 1.31 bits per heavy atom.